The van der Waals surface area contributed by atoms with E-state index in [9.17, 15) is 8.42 Å². The number of hydrogen-bond donors (Lipinski definition) is 1. The topological polar surface area (TPSA) is 78.4 Å². The summed E-state index contributed by atoms with van der Waals surface area (Å²) in [5, 5.41) is 3.20. The first-order chi connectivity index (χ1) is 11.9. The molecule has 3 heterocycles. The summed E-state index contributed by atoms with van der Waals surface area (Å²) in [7, 11) is -3.43. The van der Waals surface area contributed by atoms with Crippen molar-refractivity contribution < 1.29 is 8.42 Å². The van der Waals surface area contributed by atoms with E-state index in [2.05, 4.69) is 31.2 Å². The lowest BCUT2D eigenvalue weighted by Gasteiger charge is -2.33. The third-order valence-electron chi connectivity index (χ3n) is 3.86. The van der Waals surface area contributed by atoms with Crippen LogP contribution in [0.1, 0.15) is 12.6 Å². The number of thiophene rings is 1. The third-order valence-corrected chi connectivity index (χ3v) is 7.85. The summed E-state index contributed by atoms with van der Waals surface area (Å²) in [5.41, 5.74) is 0.888. The molecular weight excluding hydrogens is 426 g/mol. The second-order valence-electron chi connectivity index (χ2n) is 5.67. The van der Waals surface area contributed by atoms with Crippen LogP contribution in [0.15, 0.2) is 26.2 Å². The second kappa shape index (κ2) is 7.56. The van der Waals surface area contributed by atoms with E-state index in [1.165, 1.54) is 15.6 Å². The van der Waals surface area contributed by atoms with E-state index < -0.39 is 10.0 Å². The van der Waals surface area contributed by atoms with Crippen LogP contribution in [-0.4, -0.2) is 55.4 Å². The Morgan fingerprint density at radius 1 is 1.24 bits per heavy atom. The molecule has 0 saturated carbocycles. The van der Waals surface area contributed by atoms with Gasteiger partial charge in [-0.2, -0.15) is 9.29 Å². The molecule has 0 aromatic carbocycles. The van der Waals surface area contributed by atoms with E-state index in [1.54, 1.807) is 12.1 Å². The predicted molar refractivity (Wildman–Crippen MR) is 104 cm³/mol. The van der Waals surface area contributed by atoms with Gasteiger partial charge < -0.3 is 10.2 Å². The van der Waals surface area contributed by atoms with Gasteiger partial charge in [0.2, 0.25) is 5.95 Å². The lowest BCUT2D eigenvalue weighted by atomic mass is 10.3. The number of halogens is 1. The van der Waals surface area contributed by atoms with Gasteiger partial charge in [0.25, 0.3) is 10.0 Å². The summed E-state index contributed by atoms with van der Waals surface area (Å²) in [6.07, 6.45) is 0. The standard InChI is InChI=1S/C15H20BrN5O2S2/c1-3-17-13-10-11(2)18-15(19-13)20-6-8-21(9-7-20)25(22,23)14-5-4-12(16)24-14/h4-5,10H,3,6-9H2,1-2H3,(H,17,18,19). The predicted octanol–water partition coefficient (Wildman–Crippen LogP) is 2.55. The summed E-state index contributed by atoms with van der Waals surface area (Å²) in [5.74, 6) is 1.44. The molecule has 1 fully saturated rings. The third kappa shape index (κ3) is 4.13. The molecule has 0 aliphatic carbocycles. The molecule has 1 saturated heterocycles. The van der Waals surface area contributed by atoms with E-state index in [0.717, 1.165) is 21.8 Å². The quantitative estimate of drug-likeness (QED) is 0.761. The molecule has 2 aromatic rings. The van der Waals surface area contributed by atoms with Gasteiger partial charge in [0.15, 0.2) is 0 Å². The Morgan fingerprint density at radius 2 is 1.96 bits per heavy atom. The molecule has 0 atom stereocenters. The van der Waals surface area contributed by atoms with Gasteiger partial charge in [-0.15, -0.1) is 11.3 Å². The van der Waals surface area contributed by atoms with Crippen molar-refractivity contribution in [1.82, 2.24) is 14.3 Å². The molecule has 0 spiro atoms. The van der Waals surface area contributed by atoms with Crippen molar-refractivity contribution in [2.45, 2.75) is 18.1 Å². The fraction of sp³-hybridized carbons (Fsp3) is 0.467. The number of nitrogens with one attached hydrogen (secondary N) is 1. The molecule has 0 bridgehead atoms. The van der Waals surface area contributed by atoms with Gasteiger partial charge in [-0.1, -0.05) is 0 Å². The summed E-state index contributed by atoms with van der Waals surface area (Å²) in [6.45, 7) is 6.72. The summed E-state index contributed by atoms with van der Waals surface area (Å²) in [6, 6.07) is 5.31. The van der Waals surface area contributed by atoms with Gasteiger partial charge in [0.05, 0.1) is 3.79 Å². The fourth-order valence-electron chi connectivity index (χ4n) is 2.66. The van der Waals surface area contributed by atoms with E-state index in [4.69, 9.17) is 0 Å². The Morgan fingerprint density at radius 3 is 2.56 bits per heavy atom. The number of nitrogens with zero attached hydrogens (tertiary/aromatic N) is 4. The number of piperazine rings is 1. The van der Waals surface area contributed by atoms with E-state index >= 15 is 0 Å². The summed E-state index contributed by atoms with van der Waals surface area (Å²) < 4.78 is 28.1. The molecule has 7 nitrogen and oxygen atoms in total. The summed E-state index contributed by atoms with van der Waals surface area (Å²) >= 11 is 4.56. The molecule has 3 rings (SSSR count). The molecule has 136 valence electrons. The lowest BCUT2D eigenvalue weighted by molar-refractivity contribution is 0.383. The van der Waals surface area contributed by atoms with Crippen molar-refractivity contribution in [2.75, 3.05) is 42.9 Å². The van der Waals surface area contributed by atoms with Gasteiger partial charge in [-0.3, -0.25) is 0 Å². The maximum Gasteiger partial charge on any atom is 0.252 e. The maximum absolute atomic E-state index is 12.7. The number of sulfonamides is 1. The van der Waals surface area contributed by atoms with Gasteiger partial charge in [-0.05, 0) is 41.9 Å². The molecule has 10 heteroatoms. The Balaban J connectivity index is 1.72. The molecule has 25 heavy (non-hydrogen) atoms. The second-order valence-corrected chi connectivity index (χ2v) is 10.3. The Labute approximate surface area is 160 Å². The van der Waals surface area contributed by atoms with Crippen molar-refractivity contribution in [3.05, 3.63) is 27.7 Å². The van der Waals surface area contributed by atoms with Crippen molar-refractivity contribution in [3.8, 4) is 0 Å². The highest BCUT2D eigenvalue weighted by Gasteiger charge is 2.30. The normalized spacial score (nSPS) is 16.2. The van der Waals surface area contributed by atoms with Crippen LogP contribution in [0.3, 0.4) is 0 Å². The minimum atomic E-state index is -3.43. The smallest absolute Gasteiger partial charge is 0.252 e. The highest BCUT2D eigenvalue weighted by molar-refractivity contribution is 9.11. The van der Waals surface area contributed by atoms with E-state index in [1.807, 2.05) is 24.8 Å². The van der Waals surface area contributed by atoms with Crippen LogP contribution in [0.25, 0.3) is 0 Å². The van der Waals surface area contributed by atoms with Crippen LogP contribution in [0.5, 0.6) is 0 Å². The fourth-order valence-corrected chi connectivity index (χ4v) is 6.24. The van der Waals surface area contributed by atoms with Gasteiger partial charge in [-0.25, -0.2) is 13.4 Å². The number of aromatic nitrogens is 2. The highest BCUT2D eigenvalue weighted by Crippen LogP contribution is 2.29. The average molecular weight is 446 g/mol. The van der Waals surface area contributed by atoms with E-state index in [0.29, 0.717) is 36.3 Å². The zero-order chi connectivity index (χ0) is 18.0. The minimum absolute atomic E-state index is 0.370. The van der Waals surface area contributed by atoms with Gasteiger partial charge in [0.1, 0.15) is 10.0 Å². The molecule has 1 aliphatic rings. The van der Waals surface area contributed by atoms with Crippen LogP contribution in [-0.2, 0) is 10.0 Å². The van der Waals surface area contributed by atoms with Crippen LogP contribution >= 0.6 is 27.3 Å². The molecular formula is C15H20BrN5O2S2. The first-order valence-corrected chi connectivity index (χ1v) is 11.0. The lowest BCUT2D eigenvalue weighted by Crippen LogP contribution is -2.49. The zero-order valence-corrected chi connectivity index (χ0v) is 17.3. The number of aryl methyl sites for hydroxylation is 1. The molecule has 2 aromatic heterocycles. The van der Waals surface area contributed by atoms with Crippen molar-refractivity contribution in [2.24, 2.45) is 0 Å². The monoisotopic (exact) mass is 445 g/mol. The SMILES string of the molecule is CCNc1cc(C)nc(N2CCN(S(=O)(=O)c3ccc(Br)s3)CC2)n1. The van der Waals surface area contributed by atoms with Crippen molar-refractivity contribution in [3.63, 3.8) is 0 Å². The van der Waals surface area contributed by atoms with Gasteiger partial charge >= 0.3 is 0 Å². The maximum atomic E-state index is 12.7. The van der Waals surface area contributed by atoms with Crippen LogP contribution in [0.4, 0.5) is 11.8 Å². The Kier molecular flexibility index (Phi) is 5.62. The zero-order valence-electron chi connectivity index (χ0n) is 14.1. The van der Waals surface area contributed by atoms with Crippen LogP contribution in [0, 0.1) is 6.92 Å². The van der Waals surface area contributed by atoms with Crippen LogP contribution < -0.4 is 10.2 Å². The molecule has 1 aliphatic heterocycles. The molecule has 0 amide bonds. The highest BCUT2D eigenvalue weighted by atomic mass is 79.9. The average Bonchev–Trinajstić information content (AvgIpc) is 3.02. The number of rotatable bonds is 5. The van der Waals surface area contributed by atoms with Crippen molar-refractivity contribution >= 4 is 49.1 Å². The molecule has 0 radical (unpaired) electrons. The Bertz CT molecular complexity index is 847. The van der Waals surface area contributed by atoms with Crippen molar-refractivity contribution in [1.29, 1.82) is 0 Å². The molecule has 0 unspecified atom stereocenters. The largest absolute Gasteiger partial charge is 0.370 e. The first-order valence-electron chi connectivity index (χ1n) is 8.00. The van der Waals surface area contributed by atoms with E-state index in [-0.39, 0.29) is 0 Å². The van der Waals surface area contributed by atoms with Crippen LogP contribution in [0.2, 0.25) is 0 Å². The van der Waals surface area contributed by atoms with Gasteiger partial charge in [0, 0.05) is 44.5 Å². The Hall–Kier alpha value is -1.23. The number of hydrogen-bond acceptors (Lipinski definition) is 7. The first kappa shape index (κ1) is 18.6. The minimum Gasteiger partial charge on any atom is -0.370 e. The number of anilines is 2. The summed E-state index contributed by atoms with van der Waals surface area (Å²) in [4.78, 5) is 11.1. The molecule has 1 N–H and O–H groups in total.